The predicted molar refractivity (Wildman–Crippen MR) is 79.3 cm³/mol. The first-order valence-corrected chi connectivity index (χ1v) is 6.87. The summed E-state index contributed by atoms with van der Waals surface area (Å²) >= 11 is 0. The van der Waals surface area contributed by atoms with Gasteiger partial charge in [-0.2, -0.15) is 0 Å². The van der Waals surface area contributed by atoms with Crippen molar-refractivity contribution in [2.45, 2.75) is 19.8 Å². The van der Waals surface area contributed by atoms with Gasteiger partial charge in [-0.1, -0.05) is 0 Å². The van der Waals surface area contributed by atoms with Crippen molar-refractivity contribution in [1.82, 2.24) is 9.55 Å². The molecule has 1 aliphatic rings. The van der Waals surface area contributed by atoms with Crippen LogP contribution in [0.5, 0.6) is 0 Å². The number of aryl methyl sites for hydroxylation is 1. The smallest absolute Gasteiger partial charge is 0.207 e. The van der Waals surface area contributed by atoms with E-state index in [1.165, 1.54) is 31.6 Å². The first-order valence-electron chi connectivity index (χ1n) is 6.87. The molecule has 0 aliphatic carbocycles. The summed E-state index contributed by atoms with van der Waals surface area (Å²) in [6.45, 7) is 4.38. The molecule has 2 aromatic rings. The summed E-state index contributed by atoms with van der Waals surface area (Å²) < 4.78 is 2.09. The highest BCUT2D eigenvalue weighted by Gasteiger charge is 2.12. The van der Waals surface area contributed by atoms with Crippen molar-refractivity contribution in [2.24, 2.45) is 0 Å². The molecule has 1 aliphatic heterocycles. The zero-order chi connectivity index (χ0) is 13.2. The summed E-state index contributed by atoms with van der Waals surface area (Å²) in [5.74, 6) is 0.881. The van der Waals surface area contributed by atoms with E-state index in [2.05, 4.69) is 50.2 Å². The van der Waals surface area contributed by atoms with Crippen LogP contribution in [0.15, 0.2) is 30.5 Å². The Morgan fingerprint density at radius 1 is 1.05 bits per heavy atom. The van der Waals surface area contributed by atoms with E-state index in [9.17, 15) is 0 Å². The van der Waals surface area contributed by atoms with E-state index in [4.69, 9.17) is 0 Å². The van der Waals surface area contributed by atoms with Crippen LogP contribution >= 0.6 is 0 Å². The third kappa shape index (κ3) is 2.30. The molecule has 19 heavy (non-hydrogen) atoms. The molecule has 1 N–H and O–H groups in total. The first kappa shape index (κ1) is 12.1. The molecule has 0 bridgehead atoms. The standard InChI is InChI=1S/C15H20N4/c1-12-11-19(15(16-2)17-12)14-7-5-13(6-8-14)18-9-3-4-10-18/h5-8,11H,3-4,9-10H2,1-2H3,(H,16,17). The van der Waals surface area contributed by atoms with Crippen molar-refractivity contribution in [2.75, 3.05) is 30.4 Å². The lowest BCUT2D eigenvalue weighted by molar-refractivity contribution is 0.949. The zero-order valence-corrected chi connectivity index (χ0v) is 11.6. The van der Waals surface area contributed by atoms with Crippen LogP contribution in [-0.4, -0.2) is 29.7 Å². The van der Waals surface area contributed by atoms with Gasteiger partial charge < -0.3 is 10.2 Å². The lowest BCUT2D eigenvalue weighted by Crippen LogP contribution is -2.17. The number of aromatic nitrogens is 2. The van der Waals surface area contributed by atoms with Gasteiger partial charge in [-0.3, -0.25) is 4.57 Å². The van der Waals surface area contributed by atoms with E-state index >= 15 is 0 Å². The van der Waals surface area contributed by atoms with Crippen LogP contribution in [0.3, 0.4) is 0 Å². The van der Waals surface area contributed by atoms with E-state index in [-0.39, 0.29) is 0 Å². The van der Waals surface area contributed by atoms with Crippen LogP contribution in [0.2, 0.25) is 0 Å². The molecular formula is C15H20N4. The molecular weight excluding hydrogens is 236 g/mol. The number of nitrogens with one attached hydrogen (secondary N) is 1. The van der Waals surface area contributed by atoms with Crippen molar-refractivity contribution in [3.05, 3.63) is 36.2 Å². The third-order valence-corrected chi connectivity index (χ3v) is 3.65. The molecule has 3 rings (SSSR count). The molecule has 0 radical (unpaired) electrons. The maximum atomic E-state index is 4.45. The van der Waals surface area contributed by atoms with Crippen LogP contribution in [0.4, 0.5) is 11.6 Å². The minimum absolute atomic E-state index is 0.881. The van der Waals surface area contributed by atoms with Gasteiger partial charge in [0.1, 0.15) is 0 Å². The van der Waals surface area contributed by atoms with Gasteiger partial charge in [0, 0.05) is 37.7 Å². The average Bonchev–Trinajstić information content (AvgIpc) is 3.08. The van der Waals surface area contributed by atoms with Gasteiger partial charge in [-0.05, 0) is 44.0 Å². The third-order valence-electron chi connectivity index (χ3n) is 3.65. The van der Waals surface area contributed by atoms with Crippen molar-refractivity contribution in [3.8, 4) is 5.69 Å². The van der Waals surface area contributed by atoms with Crippen molar-refractivity contribution >= 4 is 11.6 Å². The van der Waals surface area contributed by atoms with Crippen LogP contribution in [0.25, 0.3) is 5.69 Å². The van der Waals surface area contributed by atoms with Gasteiger partial charge >= 0.3 is 0 Å². The molecule has 4 heteroatoms. The molecule has 0 atom stereocenters. The van der Waals surface area contributed by atoms with Gasteiger partial charge in [0.25, 0.3) is 0 Å². The maximum Gasteiger partial charge on any atom is 0.207 e. The largest absolute Gasteiger partial charge is 0.372 e. The number of anilines is 2. The Hall–Kier alpha value is -1.97. The molecule has 0 amide bonds. The first-order chi connectivity index (χ1) is 9.28. The Bertz CT molecular complexity index is 550. The fraction of sp³-hybridized carbons (Fsp3) is 0.400. The lowest BCUT2D eigenvalue weighted by atomic mass is 10.2. The van der Waals surface area contributed by atoms with Crippen molar-refractivity contribution in [1.29, 1.82) is 0 Å². The molecule has 0 spiro atoms. The minimum atomic E-state index is 0.881. The number of imidazole rings is 1. The van der Waals surface area contributed by atoms with Crippen LogP contribution in [-0.2, 0) is 0 Å². The summed E-state index contributed by atoms with van der Waals surface area (Å²) in [7, 11) is 1.90. The van der Waals surface area contributed by atoms with Gasteiger partial charge in [-0.15, -0.1) is 0 Å². The predicted octanol–water partition coefficient (Wildman–Crippen LogP) is 2.82. The zero-order valence-electron chi connectivity index (χ0n) is 11.6. The fourth-order valence-electron chi connectivity index (χ4n) is 2.67. The number of benzene rings is 1. The van der Waals surface area contributed by atoms with E-state index in [0.29, 0.717) is 0 Å². The Morgan fingerprint density at radius 2 is 1.68 bits per heavy atom. The molecule has 4 nitrogen and oxygen atoms in total. The highest BCUT2D eigenvalue weighted by Crippen LogP contribution is 2.23. The molecule has 0 saturated carbocycles. The lowest BCUT2D eigenvalue weighted by Gasteiger charge is -2.18. The number of hydrogen-bond acceptors (Lipinski definition) is 3. The summed E-state index contributed by atoms with van der Waals surface area (Å²) in [6.07, 6.45) is 4.68. The number of hydrogen-bond donors (Lipinski definition) is 1. The summed E-state index contributed by atoms with van der Waals surface area (Å²) in [5.41, 5.74) is 3.49. The van der Waals surface area contributed by atoms with Crippen LogP contribution < -0.4 is 10.2 Å². The Kier molecular flexibility index (Phi) is 3.15. The normalized spacial score (nSPS) is 14.9. The molecule has 1 saturated heterocycles. The molecule has 2 heterocycles. The maximum absolute atomic E-state index is 4.45. The quantitative estimate of drug-likeness (QED) is 0.916. The molecule has 0 unspecified atom stereocenters. The number of rotatable bonds is 3. The second-order valence-corrected chi connectivity index (χ2v) is 5.04. The van der Waals surface area contributed by atoms with Crippen molar-refractivity contribution in [3.63, 3.8) is 0 Å². The summed E-state index contributed by atoms with van der Waals surface area (Å²) in [4.78, 5) is 6.89. The highest BCUT2D eigenvalue weighted by molar-refractivity contribution is 5.53. The SMILES string of the molecule is CNc1nc(C)cn1-c1ccc(N2CCCC2)cc1. The Morgan fingerprint density at radius 3 is 2.32 bits per heavy atom. The summed E-state index contributed by atoms with van der Waals surface area (Å²) in [5, 5.41) is 3.13. The van der Waals surface area contributed by atoms with E-state index < -0.39 is 0 Å². The second-order valence-electron chi connectivity index (χ2n) is 5.04. The summed E-state index contributed by atoms with van der Waals surface area (Å²) in [6, 6.07) is 8.73. The average molecular weight is 256 g/mol. The van der Waals surface area contributed by atoms with E-state index in [1.807, 2.05) is 14.0 Å². The fourth-order valence-corrected chi connectivity index (χ4v) is 2.67. The van der Waals surface area contributed by atoms with Crippen LogP contribution in [0, 0.1) is 6.92 Å². The van der Waals surface area contributed by atoms with Gasteiger partial charge in [-0.25, -0.2) is 4.98 Å². The van der Waals surface area contributed by atoms with Gasteiger partial charge in [0.05, 0.1) is 5.69 Å². The van der Waals surface area contributed by atoms with E-state index in [1.54, 1.807) is 0 Å². The molecule has 1 aromatic carbocycles. The Labute approximate surface area is 114 Å². The Balaban J connectivity index is 1.89. The van der Waals surface area contributed by atoms with E-state index in [0.717, 1.165) is 17.3 Å². The monoisotopic (exact) mass is 256 g/mol. The molecule has 1 aromatic heterocycles. The number of nitrogens with zero attached hydrogens (tertiary/aromatic N) is 3. The van der Waals surface area contributed by atoms with Crippen LogP contribution in [0.1, 0.15) is 18.5 Å². The van der Waals surface area contributed by atoms with Crippen molar-refractivity contribution < 1.29 is 0 Å². The topological polar surface area (TPSA) is 33.1 Å². The molecule has 100 valence electrons. The molecule has 1 fully saturated rings. The minimum Gasteiger partial charge on any atom is -0.372 e. The van der Waals surface area contributed by atoms with Gasteiger partial charge in [0.15, 0.2) is 0 Å². The van der Waals surface area contributed by atoms with Gasteiger partial charge in [0.2, 0.25) is 5.95 Å². The highest BCUT2D eigenvalue weighted by atomic mass is 15.2. The second kappa shape index (κ2) is 4.96.